The van der Waals surface area contributed by atoms with Crippen LogP contribution in [0, 0.1) is 0 Å². The van der Waals surface area contributed by atoms with E-state index in [-0.39, 0.29) is 4.90 Å². The fourth-order valence-electron chi connectivity index (χ4n) is 4.30. The average Bonchev–Trinajstić information content (AvgIpc) is 3.31. The van der Waals surface area contributed by atoms with Crippen molar-refractivity contribution in [3.63, 3.8) is 0 Å². The van der Waals surface area contributed by atoms with E-state index < -0.39 is 10.0 Å². The number of benzene rings is 2. The molecule has 0 radical (unpaired) electrons. The topological polar surface area (TPSA) is 84.5 Å². The van der Waals surface area contributed by atoms with Crippen LogP contribution >= 0.6 is 11.6 Å². The largest absolute Gasteiger partial charge is 0.397 e. The van der Waals surface area contributed by atoms with Gasteiger partial charge in [0.25, 0.3) is 0 Å². The Morgan fingerprint density at radius 3 is 2.26 bits per heavy atom. The third-order valence-electron chi connectivity index (χ3n) is 6.14. The van der Waals surface area contributed by atoms with E-state index in [9.17, 15) is 8.42 Å². The summed E-state index contributed by atoms with van der Waals surface area (Å²) < 4.78 is 29.9. The molecule has 0 saturated carbocycles. The lowest BCUT2D eigenvalue weighted by Crippen LogP contribution is -2.48. The van der Waals surface area contributed by atoms with Gasteiger partial charge in [-0.2, -0.15) is 4.31 Å². The second-order valence-electron chi connectivity index (χ2n) is 8.56. The van der Waals surface area contributed by atoms with Crippen molar-refractivity contribution in [1.82, 2.24) is 13.9 Å². The Kier molecular flexibility index (Phi) is 6.51. The number of nitrogens with zero attached hydrogens (tertiary/aromatic N) is 4. The van der Waals surface area contributed by atoms with Crippen LogP contribution in [-0.4, -0.2) is 48.5 Å². The number of anilines is 2. The van der Waals surface area contributed by atoms with Gasteiger partial charge in [0.05, 0.1) is 4.90 Å². The molecule has 2 aromatic heterocycles. The summed E-state index contributed by atoms with van der Waals surface area (Å²) in [6, 6.07) is 22.8. The van der Waals surface area contributed by atoms with Crippen molar-refractivity contribution in [3.8, 4) is 5.69 Å². The van der Waals surface area contributed by atoms with Gasteiger partial charge in [0.2, 0.25) is 10.0 Å². The number of hydrogen-bond donors (Lipinski definition) is 1. The van der Waals surface area contributed by atoms with Crippen molar-refractivity contribution >= 4 is 33.1 Å². The van der Waals surface area contributed by atoms with Gasteiger partial charge in [-0.15, -0.1) is 0 Å². The summed E-state index contributed by atoms with van der Waals surface area (Å²) >= 11 is 6.32. The summed E-state index contributed by atoms with van der Waals surface area (Å²) in [6.45, 7) is 1.83. The van der Waals surface area contributed by atoms with Crippen LogP contribution in [0.25, 0.3) is 5.69 Å². The molecule has 0 aliphatic carbocycles. The van der Waals surface area contributed by atoms with Crippen molar-refractivity contribution in [3.05, 3.63) is 101 Å². The Morgan fingerprint density at radius 2 is 1.60 bits per heavy atom. The number of sulfonamides is 1. The minimum atomic E-state index is -3.59. The summed E-state index contributed by atoms with van der Waals surface area (Å²) in [7, 11) is -3.59. The monoisotopic (exact) mass is 507 g/mol. The van der Waals surface area contributed by atoms with Crippen LogP contribution in [0.2, 0.25) is 5.15 Å². The smallest absolute Gasteiger partial charge is 0.243 e. The van der Waals surface area contributed by atoms with E-state index in [1.165, 1.54) is 9.87 Å². The molecule has 1 fully saturated rings. The highest BCUT2D eigenvalue weighted by atomic mass is 35.5. The Bertz CT molecular complexity index is 1410. The third kappa shape index (κ3) is 5.19. The fraction of sp³-hybridized carbons (Fsp3) is 0.192. The van der Waals surface area contributed by atoms with Gasteiger partial charge in [-0.3, -0.25) is 0 Å². The maximum atomic E-state index is 13.2. The average molecular weight is 508 g/mol. The van der Waals surface area contributed by atoms with Gasteiger partial charge in [-0.1, -0.05) is 41.9 Å². The number of aromatic nitrogens is 2. The maximum Gasteiger partial charge on any atom is 0.243 e. The number of hydrogen-bond acceptors (Lipinski definition) is 5. The zero-order valence-electron chi connectivity index (χ0n) is 19.1. The van der Waals surface area contributed by atoms with Crippen LogP contribution < -0.4 is 10.6 Å². The minimum absolute atomic E-state index is 0.279. The molecule has 2 aromatic carbocycles. The van der Waals surface area contributed by atoms with Gasteiger partial charge in [0.15, 0.2) is 0 Å². The highest BCUT2D eigenvalue weighted by Crippen LogP contribution is 2.24. The first-order valence-electron chi connectivity index (χ1n) is 11.4. The van der Waals surface area contributed by atoms with Crippen molar-refractivity contribution in [1.29, 1.82) is 0 Å². The molecule has 9 heteroatoms. The number of halogens is 1. The second kappa shape index (κ2) is 9.73. The molecule has 2 N–H and O–H groups in total. The Labute approximate surface area is 210 Å². The summed E-state index contributed by atoms with van der Waals surface area (Å²) in [6.07, 6.45) is 4.39. The lowest BCUT2D eigenvalue weighted by molar-refractivity contribution is 0.384. The van der Waals surface area contributed by atoms with Crippen molar-refractivity contribution < 1.29 is 8.42 Å². The molecule has 1 aliphatic heterocycles. The van der Waals surface area contributed by atoms with Gasteiger partial charge in [-0.05, 0) is 60.0 Å². The van der Waals surface area contributed by atoms with Crippen LogP contribution in [0.5, 0.6) is 0 Å². The summed E-state index contributed by atoms with van der Waals surface area (Å²) in [5.41, 5.74) is 9.55. The van der Waals surface area contributed by atoms with E-state index in [0.717, 1.165) is 23.5 Å². The molecular weight excluding hydrogens is 482 g/mol. The predicted molar refractivity (Wildman–Crippen MR) is 140 cm³/mol. The van der Waals surface area contributed by atoms with E-state index >= 15 is 0 Å². The number of piperazine rings is 1. The van der Waals surface area contributed by atoms with E-state index in [4.69, 9.17) is 17.3 Å². The highest BCUT2D eigenvalue weighted by molar-refractivity contribution is 7.89. The maximum absolute atomic E-state index is 13.2. The predicted octanol–water partition coefficient (Wildman–Crippen LogP) is 4.21. The number of nitrogens with two attached hydrogens (primary N) is 1. The molecule has 180 valence electrons. The molecule has 0 amide bonds. The van der Waals surface area contributed by atoms with Crippen LogP contribution in [0.3, 0.4) is 0 Å². The Morgan fingerprint density at radius 1 is 0.886 bits per heavy atom. The van der Waals surface area contributed by atoms with Crippen molar-refractivity contribution in [2.24, 2.45) is 0 Å². The summed E-state index contributed by atoms with van der Waals surface area (Å²) in [5.74, 6) is 0.774. The summed E-state index contributed by atoms with van der Waals surface area (Å²) in [5, 5.41) is 0.438. The Balaban J connectivity index is 1.27. The molecule has 4 aromatic rings. The van der Waals surface area contributed by atoms with Gasteiger partial charge in [0, 0.05) is 49.9 Å². The Hall–Kier alpha value is -3.33. The van der Waals surface area contributed by atoms with Gasteiger partial charge in [0.1, 0.15) is 11.0 Å². The molecular formula is C26H26ClN5O2S. The van der Waals surface area contributed by atoms with Crippen LogP contribution in [-0.2, 0) is 16.4 Å². The molecule has 0 unspecified atom stereocenters. The van der Waals surface area contributed by atoms with E-state index in [2.05, 4.69) is 22.0 Å². The second-order valence-corrected chi connectivity index (χ2v) is 10.9. The van der Waals surface area contributed by atoms with Gasteiger partial charge >= 0.3 is 0 Å². The molecule has 0 bridgehead atoms. The molecule has 3 heterocycles. The molecule has 1 aliphatic rings. The van der Waals surface area contributed by atoms with Crippen molar-refractivity contribution in [2.75, 3.05) is 36.8 Å². The normalized spacial score (nSPS) is 14.8. The molecule has 5 rings (SSSR count). The van der Waals surface area contributed by atoms with E-state index in [0.29, 0.717) is 37.0 Å². The first-order chi connectivity index (χ1) is 16.9. The third-order valence-corrected chi connectivity index (χ3v) is 8.25. The van der Waals surface area contributed by atoms with Gasteiger partial charge < -0.3 is 15.2 Å². The summed E-state index contributed by atoms with van der Waals surface area (Å²) in [4.78, 5) is 6.86. The number of nitrogen functional groups attached to an aromatic ring is 1. The van der Waals surface area contributed by atoms with Crippen LogP contribution in [0.1, 0.15) is 11.1 Å². The van der Waals surface area contributed by atoms with Crippen LogP contribution in [0.15, 0.2) is 90.1 Å². The van der Waals surface area contributed by atoms with Crippen LogP contribution in [0.4, 0.5) is 11.5 Å². The first-order valence-corrected chi connectivity index (χ1v) is 13.2. The molecule has 0 spiro atoms. The molecule has 7 nitrogen and oxygen atoms in total. The molecule has 1 saturated heterocycles. The van der Waals surface area contributed by atoms with Gasteiger partial charge in [-0.25, -0.2) is 13.4 Å². The lowest BCUT2D eigenvalue weighted by atomic mass is 10.1. The minimum Gasteiger partial charge on any atom is -0.397 e. The molecule has 35 heavy (non-hydrogen) atoms. The quantitative estimate of drug-likeness (QED) is 0.395. The molecule has 0 atom stereocenters. The zero-order chi connectivity index (χ0) is 24.4. The van der Waals surface area contributed by atoms with E-state index in [1.807, 2.05) is 41.1 Å². The standard InChI is InChI=1S/C26H26ClN5O2S/c27-25-17-21(16-20-4-2-1-3-5-20)18-26(29-25)30-12-14-32(15-13-30)35(33,34)24-8-6-23(7-9-24)31-11-10-22(28)19-31/h1-11,17-19H,12-16,28H2. The fourth-order valence-corrected chi connectivity index (χ4v) is 5.95. The number of rotatable bonds is 6. The highest BCUT2D eigenvalue weighted by Gasteiger charge is 2.29. The van der Waals surface area contributed by atoms with Crippen molar-refractivity contribution in [2.45, 2.75) is 11.3 Å². The first kappa shape index (κ1) is 23.4. The lowest BCUT2D eigenvalue weighted by Gasteiger charge is -2.35. The van der Waals surface area contributed by atoms with E-state index in [1.54, 1.807) is 36.5 Å². The zero-order valence-corrected chi connectivity index (χ0v) is 20.7. The SMILES string of the molecule is Nc1ccn(-c2ccc(S(=O)(=O)N3CCN(c4cc(Cc5ccccc5)cc(Cl)n4)CC3)cc2)c1. The number of pyridine rings is 1.